The third kappa shape index (κ3) is 2.68. The van der Waals surface area contributed by atoms with Crippen LogP contribution in [0.15, 0.2) is 11.3 Å². The van der Waals surface area contributed by atoms with Crippen LogP contribution in [0, 0.1) is 5.92 Å². The summed E-state index contributed by atoms with van der Waals surface area (Å²) in [6, 6.07) is 0.349. The SMILES string of the molecule is CC1=C(NC2CCC(C(=O)O)CC2)CCC1=O. The summed E-state index contributed by atoms with van der Waals surface area (Å²) in [5, 5.41) is 12.3. The van der Waals surface area contributed by atoms with E-state index in [-0.39, 0.29) is 11.7 Å². The minimum Gasteiger partial charge on any atom is -0.481 e. The van der Waals surface area contributed by atoms with E-state index in [2.05, 4.69) is 5.32 Å². The van der Waals surface area contributed by atoms with Gasteiger partial charge in [0.05, 0.1) is 5.92 Å². The van der Waals surface area contributed by atoms with Crippen LogP contribution in [0.1, 0.15) is 45.4 Å². The van der Waals surface area contributed by atoms with Crippen LogP contribution in [0.2, 0.25) is 0 Å². The minimum absolute atomic E-state index is 0.173. The Kier molecular flexibility index (Phi) is 3.50. The maximum absolute atomic E-state index is 11.4. The molecule has 17 heavy (non-hydrogen) atoms. The van der Waals surface area contributed by atoms with E-state index < -0.39 is 5.97 Å². The zero-order chi connectivity index (χ0) is 12.4. The molecule has 0 amide bonds. The summed E-state index contributed by atoms with van der Waals surface area (Å²) < 4.78 is 0. The number of rotatable bonds is 3. The van der Waals surface area contributed by atoms with Crippen molar-refractivity contribution < 1.29 is 14.7 Å². The molecule has 2 aliphatic carbocycles. The molecule has 1 saturated carbocycles. The Morgan fingerprint density at radius 1 is 1.24 bits per heavy atom. The molecule has 0 radical (unpaired) electrons. The highest BCUT2D eigenvalue weighted by Gasteiger charge is 2.27. The van der Waals surface area contributed by atoms with Crippen LogP contribution in [0.5, 0.6) is 0 Å². The number of hydrogen-bond donors (Lipinski definition) is 2. The van der Waals surface area contributed by atoms with Crippen LogP contribution in [0.3, 0.4) is 0 Å². The smallest absolute Gasteiger partial charge is 0.306 e. The average molecular weight is 237 g/mol. The average Bonchev–Trinajstić information content (AvgIpc) is 2.62. The van der Waals surface area contributed by atoms with Gasteiger partial charge in [0.15, 0.2) is 5.78 Å². The summed E-state index contributed by atoms with van der Waals surface area (Å²) in [6.07, 6.45) is 4.71. The first kappa shape index (κ1) is 12.1. The molecule has 0 unspecified atom stereocenters. The van der Waals surface area contributed by atoms with Crippen LogP contribution >= 0.6 is 0 Å². The summed E-state index contributed by atoms with van der Waals surface area (Å²) in [7, 11) is 0. The number of Topliss-reactive ketones (excluding diaryl/α,β-unsaturated/α-hetero) is 1. The standard InChI is InChI=1S/C13H19NO3/c1-8-11(6-7-12(8)15)14-10-4-2-9(3-5-10)13(16)17/h9-10,14H,2-7H2,1H3,(H,16,17). The molecular weight excluding hydrogens is 218 g/mol. The molecule has 0 saturated heterocycles. The molecule has 0 aromatic carbocycles. The summed E-state index contributed by atoms with van der Waals surface area (Å²) in [5.74, 6) is -0.602. The molecule has 0 bridgehead atoms. The number of carbonyl (C=O) groups is 2. The lowest BCUT2D eigenvalue weighted by atomic mass is 9.86. The number of nitrogens with one attached hydrogen (secondary N) is 1. The van der Waals surface area contributed by atoms with Gasteiger partial charge in [-0.1, -0.05) is 0 Å². The highest BCUT2D eigenvalue weighted by atomic mass is 16.4. The first-order valence-electron chi connectivity index (χ1n) is 6.30. The van der Waals surface area contributed by atoms with Crippen molar-refractivity contribution in [2.75, 3.05) is 0 Å². The zero-order valence-electron chi connectivity index (χ0n) is 10.2. The summed E-state index contributed by atoms with van der Waals surface area (Å²) in [6.45, 7) is 1.88. The van der Waals surface area contributed by atoms with Crippen molar-refractivity contribution in [3.05, 3.63) is 11.3 Å². The molecule has 0 heterocycles. The van der Waals surface area contributed by atoms with E-state index >= 15 is 0 Å². The predicted octanol–water partition coefficient (Wildman–Crippen LogP) is 1.86. The normalized spacial score (nSPS) is 29.6. The lowest BCUT2D eigenvalue weighted by Gasteiger charge is -2.28. The van der Waals surface area contributed by atoms with Crippen molar-refractivity contribution in [3.63, 3.8) is 0 Å². The van der Waals surface area contributed by atoms with E-state index in [1.807, 2.05) is 6.92 Å². The van der Waals surface area contributed by atoms with Crippen molar-refractivity contribution in [3.8, 4) is 0 Å². The second kappa shape index (κ2) is 4.90. The molecule has 4 nitrogen and oxygen atoms in total. The van der Waals surface area contributed by atoms with Crippen molar-refractivity contribution in [2.45, 2.75) is 51.5 Å². The van der Waals surface area contributed by atoms with Crippen molar-refractivity contribution in [2.24, 2.45) is 5.92 Å². The number of carbonyl (C=O) groups excluding carboxylic acids is 1. The van der Waals surface area contributed by atoms with Gasteiger partial charge in [-0.15, -0.1) is 0 Å². The Balaban J connectivity index is 1.87. The van der Waals surface area contributed by atoms with Gasteiger partial charge in [-0.3, -0.25) is 9.59 Å². The molecule has 0 aromatic rings. The van der Waals surface area contributed by atoms with Crippen LogP contribution in [0.25, 0.3) is 0 Å². The summed E-state index contributed by atoms with van der Waals surface area (Å²) in [5.41, 5.74) is 1.94. The van der Waals surface area contributed by atoms with Crippen LogP contribution in [-0.2, 0) is 9.59 Å². The quantitative estimate of drug-likeness (QED) is 0.786. The maximum atomic E-state index is 11.4. The van der Waals surface area contributed by atoms with Gasteiger partial charge in [-0.05, 0) is 39.0 Å². The molecule has 2 rings (SSSR count). The molecule has 2 aliphatic rings. The Morgan fingerprint density at radius 2 is 1.88 bits per heavy atom. The molecule has 94 valence electrons. The Bertz CT molecular complexity index is 365. The Hall–Kier alpha value is -1.32. The van der Waals surface area contributed by atoms with Gasteiger partial charge in [0, 0.05) is 23.7 Å². The number of hydrogen-bond acceptors (Lipinski definition) is 3. The first-order chi connectivity index (χ1) is 8.08. The van der Waals surface area contributed by atoms with E-state index in [0.717, 1.165) is 43.4 Å². The molecule has 4 heteroatoms. The van der Waals surface area contributed by atoms with E-state index in [4.69, 9.17) is 5.11 Å². The van der Waals surface area contributed by atoms with Crippen molar-refractivity contribution in [1.82, 2.24) is 5.32 Å². The molecule has 0 atom stereocenters. The molecule has 2 N–H and O–H groups in total. The highest BCUT2D eigenvalue weighted by Crippen LogP contribution is 2.27. The third-order valence-electron chi connectivity index (χ3n) is 3.93. The lowest BCUT2D eigenvalue weighted by molar-refractivity contribution is -0.142. The molecule has 0 spiro atoms. The third-order valence-corrected chi connectivity index (χ3v) is 3.93. The van der Waals surface area contributed by atoms with Gasteiger partial charge in [0.1, 0.15) is 0 Å². The van der Waals surface area contributed by atoms with E-state index in [1.165, 1.54) is 0 Å². The topological polar surface area (TPSA) is 66.4 Å². The number of carboxylic acids is 1. The van der Waals surface area contributed by atoms with E-state index in [1.54, 1.807) is 0 Å². The lowest BCUT2D eigenvalue weighted by Crippen LogP contribution is -2.34. The fourth-order valence-electron chi connectivity index (χ4n) is 2.69. The number of ketones is 1. The van der Waals surface area contributed by atoms with Gasteiger partial charge in [-0.25, -0.2) is 0 Å². The van der Waals surface area contributed by atoms with Crippen LogP contribution in [0.4, 0.5) is 0 Å². The molecule has 0 aromatic heterocycles. The second-order valence-electron chi connectivity index (χ2n) is 5.06. The van der Waals surface area contributed by atoms with Gasteiger partial charge < -0.3 is 10.4 Å². The highest BCUT2D eigenvalue weighted by molar-refractivity contribution is 5.97. The number of carboxylic acid groups (broad SMARTS) is 1. The fraction of sp³-hybridized carbons (Fsp3) is 0.692. The van der Waals surface area contributed by atoms with Gasteiger partial charge in [-0.2, -0.15) is 0 Å². The van der Waals surface area contributed by atoms with Crippen molar-refractivity contribution >= 4 is 11.8 Å². The Morgan fingerprint density at radius 3 is 2.35 bits per heavy atom. The summed E-state index contributed by atoms with van der Waals surface area (Å²) >= 11 is 0. The monoisotopic (exact) mass is 237 g/mol. The fourth-order valence-corrected chi connectivity index (χ4v) is 2.69. The first-order valence-corrected chi connectivity index (χ1v) is 6.30. The second-order valence-corrected chi connectivity index (χ2v) is 5.06. The maximum Gasteiger partial charge on any atom is 0.306 e. The molecule has 1 fully saturated rings. The van der Waals surface area contributed by atoms with Crippen LogP contribution in [-0.4, -0.2) is 22.9 Å². The van der Waals surface area contributed by atoms with Crippen molar-refractivity contribution in [1.29, 1.82) is 0 Å². The zero-order valence-corrected chi connectivity index (χ0v) is 10.2. The van der Waals surface area contributed by atoms with Crippen LogP contribution < -0.4 is 5.32 Å². The van der Waals surface area contributed by atoms with E-state index in [9.17, 15) is 9.59 Å². The van der Waals surface area contributed by atoms with Gasteiger partial charge >= 0.3 is 5.97 Å². The van der Waals surface area contributed by atoms with Gasteiger partial charge in [0.25, 0.3) is 0 Å². The number of allylic oxidation sites excluding steroid dienone is 2. The minimum atomic E-state index is -0.671. The van der Waals surface area contributed by atoms with E-state index in [0.29, 0.717) is 12.5 Å². The predicted molar refractivity (Wildman–Crippen MR) is 63.5 cm³/mol. The number of aliphatic carboxylic acids is 1. The summed E-state index contributed by atoms with van der Waals surface area (Å²) in [4.78, 5) is 22.2. The largest absolute Gasteiger partial charge is 0.481 e. The van der Waals surface area contributed by atoms with Gasteiger partial charge in [0.2, 0.25) is 0 Å². The molecule has 0 aliphatic heterocycles. The Labute approximate surface area is 101 Å². The molecular formula is C13H19NO3.